The first-order chi connectivity index (χ1) is 12.7. The zero-order valence-electron chi connectivity index (χ0n) is 15.9. The second kappa shape index (κ2) is 6.64. The van der Waals surface area contributed by atoms with Crippen LogP contribution in [0.15, 0.2) is 42.5 Å². The first kappa shape index (κ1) is 16.9. The molecule has 26 heavy (non-hydrogen) atoms. The molecular formula is C23H26N2O. The van der Waals surface area contributed by atoms with Crippen molar-refractivity contribution >= 4 is 22.5 Å². The summed E-state index contributed by atoms with van der Waals surface area (Å²) >= 11 is 0. The van der Waals surface area contributed by atoms with Gasteiger partial charge in [0.15, 0.2) is 0 Å². The van der Waals surface area contributed by atoms with E-state index in [9.17, 15) is 4.79 Å². The van der Waals surface area contributed by atoms with Gasteiger partial charge in [-0.1, -0.05) is 31.2 Å². The molecule has 4 rings (SSSR count). The molecular weight excluding hydrogens is 320 g/mol. The fraction of sp³-hybridized carbons (Fsp3) is 0.348. The molecule has 1 amide bonds. The molecule has 1 aromatic heterocycles. The number of rotatable bonds is 3. The molecule has 3 aromatic rings. The van der Waals surface area contributed by atoms with Crippen LogP contribution in [-0.4, -0.2) is 17.0 Å². The van der Waals surface area contributed by atoms with Crippen LogP contribution in [-0.2, 0) is 19.4 Å². The van der Waals surface area contributed by atoms with Crippen LogP contribution in [0.4, 0.5) is 5.69 Å². The molecule has 0 saturated carbocycles. The summed E-state index contributed by atoms with van der Waals surface area (Å²) in [6, 6.07) is 14.9. The molecule has 2 heterocycles. The lowest BCUT2D eigenvalue weighted by Gasteiger charge is -2.30. The number of aromatic nitrogens is 1. The van der Waals surface area contributed by atoms with Crippen LogP contribution in [0.2, 0.25) is 0 Å². The number of fused-ring (bicyclic) bond motifs is 2. The molecule has 134 valence electrons. The maximum Gasteiger partial charge on any atom is 0.275 e. The first-order valence-electron chi connectivity index (χ1n) is 9.67. The second-order valence-corrected chi connectivity index (χ2v) is 7.11. The second-order valence-electron chi connectivity index (χ2n) is 7.11. The zero-order valence-corrected chi connectivity index (χ0v) is 15.9. The van der Waals surface area contributed by atoms with Crippen molar-refractivity contribution < 1.29 is 4.79 Å². The molecule has 2 aromatic carbocycles. The van der Waals surface area contributed by atoms with Gasteiger partial charge in [0, 0.05) is 29.7 Å². The standard InChI is InChI=1S/C23H26N2O/c1-4-17-12-13-21-19(15-17)16(3)22(24(21)5-2)23(26)25-14-8-10-18-9-6-7-11-20(18)25/h6-7,9,11-13,15H,4-5,8,10,14H2,1-3H3. The van der Waals surface area contributed by atoms with E-state index in [2.05, 4.69) is 61.7 Å². The molecule has 0 atom stereocenters. The summed E-state index contributed by atoms with van der Waals surface area (Å²) in [5.41, 5.74) is 6.77. The third-order valence-electron chi connectivity index (χ3n) is 5.66. The van der Waals surface area contributed by atoms with E-state index in [0.29, 0.717) is 0 Å². The maximum absolute atomic E-state index is 13.6. The molecule has 0 bridgehead atoms. The fourth-order valence-electron chi connectivity index (χ4n) is 4.27. The van der Waals surface area contributed by atoms with Gasteiger partial charge in [0.25, 0.3) is 5.91 Å². The van der Waals surface area contributed by atoms with Crippen molar-refractivity contribution in [3.05, 3.63) is 64.8 Å². The number of nitrogens with zero attached hydrogens (tertiary/aromatic N) is 2. The predicted octanol–water partition coefficient (Wildman–Crippen LogP) is 5.13. The molecule has 1 aliphatic heterocycles. The lowest BCUT2D eigenvalue weighted by molar-refractivity contribution is 0.0976. The highest BCUT2D eigenvalue weighted by molar-refractivity contribution is 6.10. The van der Waals surface area contributed by atoms with Crippen molar-refractivity contribution in [2.24, 2.45) is 0 Å². The summed E-state index contributed by atoms with van der Waals surface area (Å²) < 4.78 is 2.18. The highest BCUT2D eigenvalue weighted by Crippen LogP contribution is 2.32. The van der Waals surface area contributed by atoms with Gasteiger partial charge in [-0.25, -0.2) is 0 Å². The Morgan fingerprint density at radius 3 is 2.69 bits per heavy atom. The molecule has 0 saturated heterocycles. The topological polar surface area (TPSA) is 25.2 Å². The minimum Gasteiger partial charge on any atom is -0.337 e. The van der Waals surface area contributed by atoms with Gasteiger partial charge in [-0.2, -0.15) is 0 Å². The minimum absolute atomic E-state index is 0.130. The number of amides is 1. The van der Waals surface area contributed by atoms with E-state index in [1.54, 1.807) is 0 Å². The average molecular weight is 346 g/mol. The number of benzene rings is 2. The number of carbonyl (C=O) groups excluding carboxylic acids is 1. The molecule has 1 aliphatic rings. The number of hydrogen-bond donors (Lipinski definition) is 0. The largest absolute Gasteiger partial charge is 0.337 e. The maximum atomic E-state index is 13.6. The molecule has 0 unspecified atom stereocenters. The highest BCUT2D eigenvalue weighted by Gasteiger charge is 2.28. The van der Waals surface area contributed by atoms with Crippen molar-refractivity contribution in [2.75, 3.05) is 11.4 Å². The zero-order chi connectivity index (χ0) is 18.3. The van der Waals surface area contributed by atoms with Crippen molar-refractivity contribution in [1.29, 1.82) is 0 Å². The Hall–Kier alpha value is -2.55. The first-order valence-corrected chi connectivity index (χ1v) is 9.67. The summed E-state index contributed by atoms with van der Waals surface area (Å²) in [7, 11) is 0. The Morgan fingerprint density at radius 2 is 1.92 bits per heavy atom. The lowest BCUT2D eigenvalue weighted by Crippen LogP contribution is -2.37. The van der Waals surface area contributed by atoms with E-state index >= 15 is 0 Å². The Balaban J connectivity index is 1.87. The van der Waals surface area contributed by atoms with E-state index < -0.39 is 0 Å². The highest BCUT2D eigenvalue weighted by atomic mass is 16.2. The van der Waals surface area contributed by atoms with Gasteiger partial charge >= 0.3 is 0 Å². The smallest absolute Gasteiger partial charge is 0.275 e. The van der Waals surface area contributed by atoms with Crippen LogP contribution in [0.25, 0.3) is 10.9 Å². The van der Waals surface area contributed by atoms with Crippen molar-refractivity contribution in [2.45, 2.75) is 46.6 Å². The Kier molecular flexibility index (Phi) is 4.31. The molecule has 3 heteroatoms. The summed E-state index contributed by atoms with van der Waals surface area (Å²) in [6.45, 7) is 7.97. The van der Waals surface area contributed by atoms with Crippen molar-refractivity contribution in [3.63, 3.8) is 0 Å². The summed E-state index contributed by atoms with van der Waals surface area (Å²) in [5, 5.41) is 1.21. The van der Waals surface area contributed by atoms with E-state index in [4.69, 9.17) is 0 Å². The Labute approximate surface area is 155 Å². The molecule has 0 N–H and O–H groups in total. The van der Waals surface area contributed by atoms with Crippen molar-refractivity contribution in [3.8, 4) is 0 Å². The van der Waals surface area contributed by atoms with Crippen LogP contribution in [0, 0.1) is 6.92 Å². The van der Waals surface area contributed by atoms with E-state index in [-0.39, 0.29) is 5.91 Å². The molecule has 0 spiro atoms. The molecule has 3 nitrogen and oxygen atoms in total. The molecule has 0 aliphatic carbocycles. The van der Waals surface area contributed by atoms with Crippen LogP contribution in [0.1, 0.15) is 47.4 Å². The van der Waals surface area contributed by atoms with E-state index in [1.807, 2.05) is 11.0 Å². The lowest BCUT2D eigenvalue weighted by atomic mass is 10.0. The van der Waals surface area contributed by atoms with Gasteiger partial charge in [0.05, 0.1) is 0 Å². The quantitative estimate of drug-likeness (QED) is 0.646. The minimum atomic E-state index is 0.130. The number of aryl methyl sites for hydroxylation is 4. The van der Waals surface area contributed by atoms with Gasteiger partial charge in [-0.3, -0.25) is 4.79 Å². The van der Waals surface area contributed by atoms with E-state index in [0.717, 1.165) is 54.8 Å². The van der Waals surface area contributed by atoms with Crippen LogP contribution < -0.4 is 4.90 Å². The average Bonchev–Trinajstić information content (AvgIpc) is 2.98. The normalized spacial score (nSPS) is 13.9. The van der Waals surface area contributed by atoms with Crippen LogP contribution in [0.5, 0.6) is 0 Å². The number of carbonyl (C=O) groups is 1. The number of anilines is 1. The monoisotopic (exact) mass is 346 g/mol. The van der Waals surface area contributed by atoms with Gasteiger partial charge in [-0.05, 0) is 68.0 Å². The molecule has 0 fully saturated rings. The number of para-hydroxylation sites is 1. The van der Waals surface area contributed by atoms with Crippen LogP contribution in [0.3, 0.4) is 0 Å². The summed E-state index contributed by atoms with van der Waals surface area (Å²) in [5.74, 6) is 0.130. The molecule has 0 radical (unpaired) electrons. The Bertz CT molecular complexity index is 983. The SMILES string of the molecule is CCc1ccc2c(c1)c(C)c(C(=O)N1CCCc3ccccc31)n2CC. The van der Waals surface area contributed by atoms with E-state index in [1.165, 1.54) is 16.5 Å². The van der Waals surface area contributed by atoms with Gasteiger partial charge in [0.2, 0.25) is 0 Å². The fourth-order valence-corrected chi connectivity index (χ4v) is 4.27. The van der Waals surface area contributed by atoms with Gasteiger partial charge in [0.1, 0.15) is 5.69 Å². The summed E-state index contributed by atoms with van der Waals surface area (Å²) in [4.78, 5) is 15.6. The number of hydrogen-bond acceptors (Lipinski definition) is 1. The van der Waals surface area contributed by atoms with Gasteiger partial charge < -0.3 is 9.47 Å². The Morgan fingerprint density at radius 1 is 1.12 bits per heavy atom. The third-order valence-corrected chi connectivity index (χ3v) is 5.66. The van der Waals surface area contributed by atoms with Crippen molar-refractivity contribution in [1.82, 2.24) is 4.57 Å². The predicted molar refractivity (Wildman–Crippen MR) is 108 cm³/mol. The van der Waals surface area contributed by atoms with Crippen LogP contribution >= 0.6 is 0 Å². The van der Waals surface area contributed by atoms with Gasteiger partial charge in [-0.15, -0.1) is 0 Å². The third kappa shape index (κ3) is 2.54. The summed E-state index contributed by atoms with van der Waals surface area (Å²) in [6.07, 6.45) is 3.08.